The maximum absolute atomic E-state index is 12.7. The molecular weight excluding hydrogens is 357 g/mol. The predicted molar refractivity (Wildman–Crippen MR) is 88.4 cm³/mol. The van der Waals surface area contributed by atoms with Crippen LogP contribution in [0.4, 0.5) is 18.9 Å². The molecule has 0 spiro atoms. The summed E-state index contributed by atoms with van der Waals surface area (Å²) in [7, 11) is -3.39. The monoisotopic (exact) mass is 378 g/mol. The van der Waals surface area contributed by atoms with Crippen LogP contribution in [0.3, 0.4) is 0 Å². The standard InChI is InChI=1S/C16H21F3N2O3S/c1-2-9-25(23,24)21-8-4-5-12(11-21)15(22)20-14-7-3-6-13(10-14)16(17,18)19/h3,6-7,10,12H,2,4-5,8-9,11H2,1H3,(H,20,22)/t12-/m1/s1. The molecular formula is C16H21F3N2O3S. The summed E-state index contributed by atoms with van der Waals surface area (Å²) in [6.07, 6.45) is -2.96. The van der Waals surface area contributed by atoms with Gasteiger partial charge >= 0.3 is 6.18 Å². The number of alkyl halides is 3. The predicted octanol–water partition coefficient (Wildman–Crippen LogP) is 3.10. The third-order valence-corrected chi connectivity index (χ3v) is 6.11. The van der Waals surface area contributed by atoms with Gasteiger partial charge in [0.05, 0.1) is 17.2 Å². The Balaban J connectivity index is 2.06. The number of rotatable bonds is 5. The van der Waals surface area contributed by atoms with Crippen LogP contribution in [0.2, 0.25) is 0 Å². The molecule has 25 heavy (non-hydrogen) atoms. The highest BCUT2D eigenvalue weighted by molar-refractivity contribution is 7.89. The molecule has 0 saturated carbocycles. The van der Waals surface area contributed by atoms with Crippen LogP contribution < -0.4 is 5.32 Å². The van der Waals surface area contributed by atoms with Crippen LogP contribution in [0, 0.1) is 5.92 Å². The van der Waals surface area contributed by atoms with Crippen molar-refractivity contribution in [1.29, 1.82) is 0 Å². The van der Waals surface area contributed by atoms with Crippen LogP contribution in [-0.4, -0.2) is 37.5 Å². The quantitative estimate of drug-likeness (QED) is 0.856. The van der Waals surface area contributed by atoms with Crippen LogP contribution in [-0.2, 0) is 21.0 Å². The topological polar surface area (TPSA) is 66.5 Å². The molecule has 0 bridgehead atoms. The number of hydrogen-bond donors (Lipinski definition) is 1. The summed E-state index contributed by atoms with van der Waals surface area (Å²) < 4.78 is 63.8. The number of carbonyl (C=O) groups is 1. The van der Waals surface area contributed by atoms with Crippen molar-refractivity contribution >= 4 is 21.6 Å². The zero-order chi connectivity index (χ0) is 18.7. The Morgan fingerprint density at radius 1 is 1.36 bits per heavy atom. The van der Waals surface area contributed by atoms with Crippen molar-refractivity contribution in [3.8, 4) is 0 Å². The summed E-state index contributed by atoms with van der Waals surface area (Å²) in [5.41, 5.74) is -0.797. The lowest BCUT2D eigenvalue weighted by Gasteiger charge is -2.31. The lowest BCUT2D eigenvalue weighted by atomic mass is 9.98. The van der Waals surface area contributed by atoms with Gasteiger partial charge in [0, 0.05) is 18.8 Å². The lowest BCUT2D eigenvalue weighted by Crippen LogP contribution is -2.44. The lowest BCUT2D eigenvalue weighted by molar-refractivity contribution is -0.137. The number of sulfonamides is 1. The Hall–Kier alpha value is -1.61. The second-order valence-corrected chi connectivity index (χ2v) is 8.17. The van der Waals surface area contributed by atoms with Gasteiger partial charge < -0.3 is 5.32 Å². The van der Waals surface area contributed by atoms with E-state index in [4.69, 9.17) is 0 Å². The first-order valence-electron chi connectivity index (χ1n) is 8.09. The van der Waals surface area contributed by atoms with Crippen LogP contribution in [0.15, 0.2) is 24.3 Å². The van der Waals surface area contributed by atoms with E-state index in [1.54, 1.807) is 6.92 Å². The Bertz CT molecular complexity index is 720. The molecule has 1 aromatic carbocycles. The number of piperidine rings is 1. The van der Waals surface area contributed by atoms with Crippen LogP contribution in [0.1, 0.15) is 31.7 Å². The number of hydrogen-bond acceptors (Lipinski definition) is 3. The van der Waals surface area contributed by atoms with Crippen LogP contribution in [0.5, 0.6) is 0 Å². The van der Waals surface area contributed by atoms with Crippen molar-refractivity contribution in [1.82, 2.24) is 4.31 Å². The van der Waals surface area contributed by atoms with Crippen molar-refractivity contribution in [3.63, 3.8) is 0 Å². The number of carbonyl (C=O) groups excluding carboxylic acids is 1. The van der Waals surface area contributed by atoms with Gasteiger partial charge in [-0.1, -0.05) is 13.0 Å². The Kier molecular flexibility index (Phi) is 6.10. The molecule has 0 aromatic heterocycles. The van der Waals surface area contributed by atoms with E-state index in [1.165, 1.54) is 16.4 Å². The highest BCUT2D eigenvalue weighted by Gasteiger charge is 2.33. The molecule has 1 aliphatic rings. The van der Waals surface area contributed by atoms with E-state index >= 15 is 0 Å². The van der Waals surface area contributed by atoms with Crippen LogP contribution in [0.25, 0.3) is 0 Å². The average molecular weight is 378 g/mol. The van der Waals surface area contributed by atoms with Gasteiger partial charge in [-0.3, -0.25) is 4.79 Å². The average Bonchev–Trinajstić information content (AvgIpc) is 2.54. The zero-order valence-corrected chi connectivity index (χ0v) is 14.7. The van der Waals surface area contributed by atoms with Gasteiger partial charge in [-0.2, -0.15) is 13.2 Å². The Labute approximate surface area is 145 Å². The minimum atomic E-state index is -4.49. The number of nitrogens with zero attached hydrogens (tertiary/aromatic N) is 1. The number of benzene rings is 1. The van der Waals surface area contributed by atoms with E-state index in [2.05, 4.69) is 5.32 Å². The van der Waals surface area contributed by atoms with Gasteiger partial charge in [-0.25, -0.2) is 12.7 Å². The SMILES string of the molecule is CCCS(=O)(=O)N1CCC[C@@H](C(=O)Nc2cccc(C(F)(F)F)c2)C1. The molecule has 1 amide bonds. The fourth-order valence-electron chi connectivity index (χ4n) is 2.81. The minimum absolute atomic E-state index is 0.0228. The maximum Gasteiger partial charge on any atom is 0.416 e. The second kappa shape index (κ2) is 7.74. The van der Waals surface area contributed by atoms with Gasteiger partial charge in [0.1, 0.15) is 0 Å². The van der Waals surface area contributed by atoms with E-state index in [0.717, 1.165) is 12.1 Å². The molecule has 1 N–H and O–H groups in total. The molecule has 140 valence electrons. The Morgan fingerprint density at radius 3 is 2.72 bits per heavy atom. The van der Waals surface area contributed by atoms with Gasteiger partial charge in [-0.15, -0.1) is 0 Å². The van der Waals surface area contributed by atoms with Crippen molar-refractivity contribution in [3.05, 3.63) is 29.8 Å². The van der Waals surface area contributed by atoms with Crippen molar-refractivity contribution < 1.29 is 26.4 Å². The van der Waals surface area contributed by atoms with Gasteiger partial charge in [0.25, 0.3) is 0 Å². The smallest absolute Gasteiger partial charge is 0.326 e. The highest BCUT2D eigenvalue weighted by atomic mass is 32.2. The molecule has 0 aliphatic carbocycles. The molecule has 1 atom stereocenters. The zero-order valence-electron chi connectivity index (χ0n) is 13.8. The third-order valence-electron chi connectivity index (χ3n) is 4.07. The first-order valence-corrected chi connectivity index (χ1v) is 9.70. The molecule has 2 rings (SSSR count). The number of anilines is 1. The highest BCUT2D eigenvalue weighted by Crippen LogP contribution is 2.31. The summed E-state index contributed by atoms with van der Waals surface area (Å²) in [4.78, 5) is 12.3. The van der Waals surface area contributed by atoms with Crippen molar-refractivity contribution in [2.75, 3.05) is 24.2 Å². The first-order chi connectivity index (χ1) is 11.6. The largest absolute Gasteiger partial charge is 0.416 e. The molecule has 1 aliphatic heterocycles. The number of nitrogens with one attached hydrogen (secondary N) is 1. The summed E-state index contributed by atoms with van der Waals surface area (Å²) in [6, 6.07) is 4.39. The van der Waals surface area contributed by atoms with E-state index in [0.29, 0.717) is 25.8 Å². The normalized spacial score (nSPS) is 19.6. The molecule has 0 radical (unpaired) electrons. The van der Waals surface area contributed by atoms with Crippen LogP contribution >= 0.6 is 0 Å². The molecule has 9 heteroatoms. The summed E-state index contributed by atoms with van der Waals surface area (Å²) in [5.74, 6) is -1.01. The minimum Gasteiger partial charge on any atom is -0.326 e. The fourth-order valence-corrected chi connectivity index (χ4v) is 4.40. The van der Waals surface area contributed by atoms with E-state index in [1.807, 2.05) is 0 Å². The first kappa shape index (κ1) is 19.7. The molecule has 0 unspecified atom stereocenters. The van der Waals surface area contributed by atoms with Gasteiger partial charge in [-0.05, 0) is 37.5 Å². The molecule has 1 aromatic rings. The summed E-state index contributed by atoms with van der Waals surface area (Å²) >= 11 is 0. The number of halogens is 3. The molecule has 1 saturated heterocycles. The van der Waals surface area contributed by atoms with E-state index in [-0.39, 0.29) is 18.0 Å². The van der Waals surface area contributed by atoms with Gasteiger partial charge in [0.2, 0.25) is 15.9 Å². The van der Waals surface area contributed by atoms with Crippen molar-refractivity contribution in [2.24, 2.45) is 5.92 Å². The molecule has 5 nitrogen and oxygen atoms in total. The summed E-state index contributed by atoms with van der Waals surface area (Å²) in [6.45, 7) is 2.20. The summed E-state index contributed by atoms with van der Waals surface area (Å²) in [5, 5.41) is 2.47. The third kappa shape index (κ3) is 5.18. The molecule has 1 heterocycles. The van der Waals surface area contributed by atoms with Crippen molar-refractivity contribution in [2.45, 2.75) is 32.4 Å². The maximum atomic E-state index is 12.7. The van der Waals surface area contributed by atoms with E-state index in [9.17, 15) is 26.4 Å². The fraction of sp³-hybridized carbons (Fsp3) is 0.562. The van der Waals surface area contributed by atoms with Gasteiger partial charge in [0.15, 0.2) is 0 Å². The second-order valence-electron chi connectivity index (χ2n) is 6.08. The molecule has 1 fully saturated rings. The number of amides is 1. The van der Waals surface area contributed by atoms with E-state index < -0.39 is 33.6 Å². The Morgan fingerprint density at radius 2 is 2.08 bits per heavy atom.